The number of aliphatic imine (C=N–C) groups is 3. The lowest BCUT2D eigenvalue weighted by atomic mass is 9.76. The summed E-state index contributed by atoms with van der Waals surface area (Å²) in [7, 11) is 0. The molecule has 3 unspecified atom stereocenters. The van der Waals surface area contributed by atoms with E-state index in [-0.39, 0.29) is 37.2 Å². The average molecular weight is 961 g/mol. The van der Waals surface area contributed by atoms with E-state index in [4.69, 9.17) is 53.1 Å². The van der Waals surface area contributed by atoms with Crippen LogP contribution < -0.4 is 39.3 Å². The van der Waals surface area contributed by atoms with Crippen LogP contribution in [0.3, 0.4) is 0 Å². The van der Waals surface area contributed by atoms with Crippen LogP contribution in [0.25, 0.3) is 0 Å². The van der Waals surface area contributed by atoms with Crippen LogP contribution in [0.2, 0.25) is 0 Å². The van der Waals surface area contributed by atoms with Gasteiger partial charge in [0.15, 0.2) is 12.5 Å². The normalized spacial score (nSPS) is 19.9. The van der Waals surface area contributed by atoms with Gasteiger partial charge in [-0.1, -0.05) is 120 Å². The number of ketones is 1. The van der Waals surface area contributed by atoms with Crippen molar-refractivity contribution >= 4 is 34.9 Å². The summed E-state index contributed by atoms with van der Waals surface area (Å²) in [5, 5.41) is 6.55. The maximum atomic E-state index is 14.6. The molecule has 14 nitrogen and oxygen atoms in total. The molecule has 71 heavy (non-hydrogen) atoms. The highest BCUT2D eigenvalue weighted by Crippen LogP contribution is 2.45. The number of anilines is 1. The number of hydrogen-bond donors (Lipinski definition) is 7. The van der Waals surface area contributed by atoms with Gasteiger partial charge < -0.3 is 48.8 Å². The Morgan fingerprint density at radius 1 is 0.634 bits per heavy atom. The second-order valence-corrected chi connectivity index (χ2v) is 17.7. The van der Waals surface area contributed by atoms with Crippen LogP contribution in [0.15, 0.2) is 169 Å². The Morgan fingerprint density at radius 2 is 1.14 bits per heavy atom. The Balaban J connectivity index is 1.30. The van der Waals surface area contributed by atoms with Crippen molar-refractivity contribution in [3.8, 4) is 0 Å². The van der Waals surface area contributed by atoms with Crippen LogP contribution in [0, 0.1) is 6.92 Å². The molecule has 3 heterocycles. The van der Waals surface area contributed by atoms with Gasteiger partial charge >= 0.3 is 5.97 Å². The zero-order valence-corrected chi connectivity index (χ0v) is 42.2. The van der Waals surface area contributed by atoms with Gasteiger partial charge in [-0.3, -0.25) is 4.79 Å². The Kier molecular flexibility index (Phi) is 18.4. The number of nitrogens with zero attached hydrogens (tertiary/aromatic N) is 3. The first kappa shape index (κ1) is 52.8. The first-order valence-electron chi connectivity index (χ1n) is 24.9. The summed E-state index contributed by atoms with van der Waals surface area (Å²) in [4.78, 5) is 43.6. The average Bonchev–Trinajstić information content (AvgIpc) is 3.35. The number of carbonyl (C=O) groups is 2. The first-order chi connectivity index (χ1) is 34.3. The summed E-state index contributed by atoms with van der Waals surface area (Å²) < 4.78 is 12.1. The number of nitrogen functional groups attached to an aromatic ring is 1. The smallest absolute Gasteiger partial charge is 0.338 e. The van der Waals surface area contributed by atoms with Gasteiger partial charge in [0.1, 0.15) is 23.3 Å². The lowest BCUT2D eigenvalue weighted by Gasteiger charge is -2.31. The highest BCUT2D eigenvalue weighted by molar-refractivity contribution is 6.08. The van der Waals surface area contributed by atoms with Crippen LogP contribution >= 0.6 is 0 Å². The number of hydrogen-bond acceptors (Lipinski definition) is 14. The zero-order chi connectivity index (χ0) is 51.2. The third-order valence-electron chi connectivity index (χ3n) is 13.0. The molecular weight excluding hydrogens is 889 g/mol. The van der Waals surface area contributed by atoms with E-state index in [1.54, 1.807) is 18.5 Å². The van der Waals surface area contributed by atoms with Gasteiger partial charge in [0.2, 0.25) is 0 Å². The summed E-state index contributed by atoms with van der Waals surface area (Å²) in [5.41, 5.74) is 43.8. The number of ether oxygens (including phenoxy) is 2. The fraction of sp³-hybridized carbons (Fsp3) is 0.351. The van der Waals surface area contributed by atoms with Crippen molar-refractivity contribution in [2.45, 2.75) is 111 Å². The molecule has 0 saturated carbocycles. The number of para-hydroxylation sites is 1. The molecule has 0 amide bonds. The van der Waals surface area contributed by atoms with Crippen molar-refractivity contribution in [1.29, 1.82) is 0 Å². The van der Waals surface area contributed by atoms with Gasteiger partial charge in [-0.15, -0.1) is 0 Å². The van der Waals surface area contributed by atoms with E-state index in [2.05, 4.69) is 56.2 Å². The van der Waals surface area contributed by atoms with E-state index in [1.807, 2.05) is 69.3 Å². The number of nitrogens with two attached hydrogens (primary N) is 5. The quantitative estimate of drug-likeness (QED) is 0.0165. The second-order valence-electron chi connectivity index (χ2n) is 17.7. The number of allylic oxidation sites excluding steroid dienone is 5. The topological polar surface area (TPSA) is 244 Å². The molecule has 3 aromatic rings. The number of carbonyl (C=O) groups excluding carboxylic acids is 2. The first-order valence-corrected chi connectivity index (χ1v) is 24.9. The van der Waals surface area contributed by atoms with Gasteiger partial charge in [-0.2, -0.15) is 0 Å². The van der Waals surface area contributed by atoms with E-state index in [0.29, 0.717) is 100 Å². The molecule has 3 aliphatic rings. The summed E-state index contributed by atoms with van der Waals surface area (Å²) in [6, 6.07) is 23.5. The monoisotopic (exact) mass is 961 g/mol. The van der Waals surface area contributed by atoms with E-state index in [1.165, 1.54) is 6.20 Å². The predicted molar refractivity (Wildman–Crippen MR) is 288 cm³/mol. The molecule has 374 valence electrons. The molecule has 0 aliphatic carbocycles. The van der Waals surface area contributed by atoms with Crippen LogP contribution in [-0.2, 0) is 25.5 Å². The Bertz CT molecular complexity index is 2790. The number of aryl methyl sites for hydroxylation is 2. The second kappa shape index (κ2) is 24.8. The highest BCUT2D eigenvalue weighted by atomic mass is 16.5. The third kappa shape index (κ3) is 11.7. The lowest BCUT2D eigenvalue weighted by Crippen LogP contribution is -2.33. The summed E-state index contributed by atoms with van der Waals surface area (Å²) in [6.45, 7) is 17.0. The van der Waals surface area contributed by atoms with Crippen molar-refractivity contribution in [1.82, 2.24) is 10.6 Å². The summed E-state index contributed by atoms with van der Waals surface area (Å²) in [6.07, 6.45) is 9.84. The number of benzene rings is 3. The van der Waals surface area contributed by atoms with Crippen molar-refractivity contribution in [3.05, 3.63) is 182 Å². The standard InChI is InChI=1S/C57H72N10O4/c1-8-19-44-48(35(7)70-12-5)49(37-24-15-13-22-34(37)6)42(56(62)65-44)32-64-33-71-57(69)53-46(21-10-3)67-55(61)41(51(53)39-26-17-18-27-43(39)59)31-63-29-28-47(68)52-45(20-9-2)66-54(60)40(30-58)50(52)38-25-16-14-23-36(38)11-4/h13-18,22-27,30-32,49-51,63-64H,7-12,19-21,28-29,33,58-59H2,1-6H3,(H2,60,66)(H2,61,67)(H2,62,65)/b40-30-,41-31-,42-32-. The molecular formula is C57H72N10O4. The minimum Gasteiger partial charge on any atom is -0.494 e. The van der Waals surface area contributed by atoms with E-state index >= 15 is 0 Å². The van der Waals surface area contributed by atoms with E-state index < -0.39 is 17.8 Å². The lowest BCUT2D eigenvalue weighted by molar-refractivity contribution is -0.139. The van der Waals surface area contributed by atoms with Gasteiger partial charge in [0.05, 0.1) is 35.2 Å². The van der Waals surface area contributed by atoms with E-state index in [9.17, 15) is 9.59 Å². The molecule has 3 aliphatic heterocycles. The number of esters is 1. The zero-order valence-electron chi connectivity index (χ0n) is 42.2. The molecule has 3 atom stereocenters. The molecule has 14 heteroatoms. The van der Waals surface area contributed by atoms with Crippen molar-refractivity contribution in [3.63, 3.8) is 0 Å². The Labute approximate surface area is 419 Å². The fourth-order valence-electron chi connectivity index (χ4n) is 9.76. The molecule has 12 N–H and O–H groups in total. The Hall–Kier alpha value is -7.61. The molecule has 0 aromatic heterocycles. The van der Waals surface area contributed by atoms with Crippen LogP contribution in [0.1, 0.15) is 125 Å². The van der Waals surface area contributed by atoms with Crippen LogP contribution in [0.5, 0.6) is 0 Å². The summed E-state index contributed by atoms with van der Waals surface area (Å²) in [5.74, 6) is -0.856. The maximum Gasteiger partial charge on any atom is 0.338 e. The minimum absolute atomic E-state index is 0.0868. The number of amidine groups is 3. The molecule has 0 spiro atoms. The van der Waals surface area contributed by atoms with Gasteiger partial charge in [-0.05, 0) is 73.4 Å². The van der Waals surface area contributed by atoms with Gasteiger partial charge in [-0.25, -0.2) is 19.8 Å². The maximum absolute atomic E-state index is 14.6. The molecule has 0 fully saturated rings. The largest absolute Gasteiger partial charge is 0.494 e. The SMILES string of the molecule is C=C(OCC)C1=C(CCC)N=C(N)/C(=C\NCOC(=O)C2=C(CCC)N=C(N)/C(=C\NCCC(=O)C3=C(CCC)N=C(N)/C(=C\N)C3c3ccccc3CC)C2c2ccccc2N)C1c1ccccc1C. The highest BCUT2D eigenvalue weighted by Gasteiger charge is 2.38. The number of nitrogens with one attached hydrogen (secondary N) is 2. The Morgan fingerprint density at radius 3 is 1.72 bits per heavy atom. The van der Waals surface area contributed by atoms with Crippen molar-refractivity contribution < 1.29 is 19.1 Å². The molecule has 3 aromatic carbocycles. The third-order valence-corrected chi connectivity index (χ3v) is 13.0. The minimum atomic E-state index is -0.758. The van der Waals surface area contributed by atoms with E-state index in [0.717, 1.165) is 52.8 Å². The molecule has 0 radical (unpaired) electrons. The van der Waals surface area contributed by atoms with Crippen molar-refractivity contribution in [2.24, 2.45) is 37.9 Å². The van der Waals surface area contributed by atoms with Crippen molar-refractivity contribution in [2.75, 3.05) is 25.6 Å². The number of rotatable bonds is 22. The molecule has 6 rings (SSSR count). The fourth-order valence-corrected chi connectivity index (χ4v) is 9.76. The summed E-state index contributed by atoms with van der Waals surface area (Å²) >= 11 is 0. The van der Waals surface area contributed by atoms with Crippen LogP contribution in [0.4, 0.5) is 5.69 Å². The molecule has 0 bridgehead atoms. The van der Waals surface area contributed by atoms with Gasteiger partial charge in [0, 0.05) is 77.0 Å². The molecule has 0 saturated heterocycles. The number of Topliss-reactive ketones (excluding diaryl/α,β-unsaturated/α-hetero) is 1. The predicted octanol–water partition coefficient (Wildman–Crippen LogP) is 8.87. The van der Waals surface area contributed by atoms with Crippen LogP contribution in [-0.4, -0.2) is 49.1 Å². The van der Waals surface area contributed by atoms with Gasteiger partial charge in [0.25, 0.3) is 0 Å².